The van der Waals surface area contributed by atoms with Crippen molar-refractivity contribution in [2.24, 2.45) is 0 Å². The van der Waals surface area contributed by atoms with Crippen LogP contribution in [-0.2, 0) is 9.53 Å². The summed E-state index contributed by atoms with van der Waals surface area (Å²) in [5.74, 6) is -0.870. The second-order valence-electron chi connectivity index (χ2n) is 4.06. The third-order valence-corrected chi connectivity index (χ3v) is 3.18. The number of hydrogen-bond donors (Lipinski definition) is 1. The van der Waals surface area contributed by atoms with Crippen molar-refractivity contribution < 1.29 is 13.9 Å². The van der Waals surface area contributed by atoms with Gasteiger partial charge in [0, 0.05) is 16.1 Å². The molecule has 0 bridgehead atoms. The van der Waals surface area contributed by atoms with Crippen molar-refractivity contribution in [3.63, 3.8) is 0 Å². The van der Waals surface area contributed by atoms with Crippen LogP contribution in [0.25, 0.3) is 0 Å². The molecule has 1 aliphatic rings. The largest absolute Gasteiger partial charge is 0.468 e. The van der Waals surface area contributed by atoms with Crippen LogP contribution in [0.4, 0.5) is 4.39 Å². The molecule has 1 unspecified atom stereocenters. The van der Waals surface area contributed by atoms with E-state index in [1.807, 2.05) is 0 Å². The molecule has 92 valence electrons. The first-order valence-corrected chi connectivity index (χ1v) is 6.20. The lowest BCUT2D eigenvalue weighted by atomic mass is 10.1. The first kappa shape index (κ1) is 12.5. The van der Waals surface area contributed by atoms with Crippen molar-refractivity contribution >= 4 is 21.9 Å². The lowest BCUT2D eigenvalue weighted by Gasteiger charge is -2.17. The number of ether oxygens (including phenoxy) is 1. The summed E-state index contributed by atoms with van der Waals surface area (Å²) in [6.45, 7) is 0. The summed E-state index contributed by atoms with van der Waals surface area (Å²) < 4.78 is 19.2. The van der Waals surface area contributed by atoms with Crippen molar-refractivity contribution in [3.05, 3.63) is 34.1 Å². The Labute approximate surface area is 107 Å². The Bertz CT molecular complexity index is 435. The van der Waals surface area contributed by atoms with Crippen molar-refractivity contribution in [3.8, 4) is 0 Å². The number of nitrogens with one attached hydrogen (secondary N) is 1. The van der Waals surface area contributed by atoms with Crippen LogP contribution in [-0.4, -0.2) is 19.1 Å². The molecule has 1 fully saturated rings. The summed E-state index contributed by atoms with van der Waals surface area (Å²) in [5.41, 5.74) is 0.318. The van der Waals surface area contributed by atoms with E-state index in [4.69, 9.17) is 4.74 Å². The Morgan fingerprint density at radius 3 is 2.88 bits per heavy atom. The number of rotatable bonds is 4. The molecule has 1 atom stereocenters. The Morgan fingerprint density at radius 1 is 1.59 bits per heavy atom. The second-order valence-corrected chi connectivity index (χ2v) is 4.98. The van der Waals surface area contributed by atoms with Gasteiger partial charge in [0.1, 0.15) is 11.9 Å². The first-order valence-electron chi connectivity index (χ1n) is 5.40. The van der Waals surface area contributed by atoms with Crippen LogP contribution in [0.3, 0.4) is 0 Å². The summed E-state index contributed by atoms with van der Waals surface area (Å²) in [6.07, 6.45) is 2.03. The fourth-order valence-electron chi connectivity index (χ4n) is 1.62. The lowest BCUT2D eigenvalue weighted by Crippen LogP contribution is -2.31. The second kappa shape index (κ2) is 5.14. The maximum absolute atomic E-state index is 13.7. The molecule has 0 saturated heterocycles. The molecule has 0 heterocycles. The van der Waals surface area contributed by atoms with Gasteiger partial charge in [-0.3, -0.25) is 5.32 Å². The van der Waals surface area contributed by atoms with Crippen LogP contribution in [0, 0.1) is 5.82 Å². The number of halogens is 2. The van der Waals surface area contributed by atoms with Gasteiger partial charge in [0.05, 0.1) is 7.11 Å². The molecule has 0 spiro atoms. The van der Waals surface area contributed by atoms with E-state index in [0.717, 1.165) is 17.3 Å². The van der Waals surface area contributed by atoms with E-state index in [0.29, 0.717) is 5.56 Å². The topological polar surface area (TPSA) is 38.3 Å². The van der Waals surface area contributed by atoms with E-state index in [1.54, 1.807) is 12.1 Å². The van der Waals surface area contributed by atoms with Crippen LogP contribution in [0.2, 0.25) is 0 Å². The SMILES string of the molecule is COC(=O)C(NC1CC1)c1cc(Br)ccc1F. The molecule has 0 radical (unpaired) electrons. The summed E-state index contributed by atoms with van der Waals surface area (Å²) >= 11 is 3.27. The molecule has 1 N–H and O–H groups in total. The summed E-state index contributed by atoms with van der Waals surface area (Å²) in [7, 11) is 1.31. The maximum atomic E-state index is 13.7. The number of esters is 1. The smallest absolute Gasteiger partial charge is 0.327 e. The van der Waals surface area contributed by atoms with E-state index in [9.17, 15) is 9.18 Å². The molecular formula is C12H13BrFNO2. The molecule has 1 aliphatic carbocycles. The van der Waals surface area contributed by atoms with Crippen molar-refractivity contribution in [2.45, 2.75) is 24.9 Å². The van der Waals surface area contributed by atoms with Gasteiger partial charge in [-0.05, 0) is 31.0 Å². The number of hydrogen-bond acceptors (Lipinski definition) is 3. The average Bonchev–Trinajstić information content (AvgIpc) is 3.12. The monoisotopic (exact) mass is 301 g/mol. The van der Waals surface area contributed by atoms with E-state index < -0.39 is 17.8 Å². The molecule has 1 aromatic carbocycles. The third kappa shape index (κ3) is 3.04. The molecule has 0 aliphatic heterocycles. The quantitative estimate of drug-likeness (QED) is 0.869. The molecule has 1 saturated carbocycles. The van der Waals surface area contributed by atoms with Crippen LogP contribution in [0.5, 0.6) is 0 Å². The predicted octanol–water partition coefficient (Wildman–Crippen LogP) is 2.55. The molecule has 0 aromatic heterocycles. The highest BCUT2D eigenvalue weighted by atomic mass is 79.9. The molecule has 17 heavy (non-hydrogen) atoms. The van der Waals surface area contributed by atoms with Gasteiger partial charge < -0.3 is 4.74 Å². The standard InChI is InChI=1S/C12H13BrFNO2/c1-17-12(16)11(15-8-3-4-8)9-6-7(13)2-5-10(9)14/h2,5-6,8,11,15H,3-4H2,1H3. The van der Waals surface area contributed by atoms with E-state index in [2.05, 4.69) is 21.2 Å². The van der Waals surface area contributed by atoms with Gasteiger partial charge in [-0.2, -0.15) is 0 Å². The van der Waals surface area contributed by atoms with Gasteiger partial charge in [0.15, 0.2) is 0 Å². The van der Waals surface area contributed by atoms with E-state index >= 15 is 0 Å². The highest BCUT2D eigenvalue weighted by Gasteiger charge is 2.31. The predicted molar refractivity (Wildman–Crippen MR) is 65.0 cm³/mol. The molecule has 5 heteroatoms. The van der Waals surface area contributed by atoms with Gasteiger partial charge in [-0.15, -0.1) is 0 Å². The number of methoxy groups -OCH3 is 1. The molecule has 3 nitrogen and oxygen atoms in total. The minimum atomic E-state index is -0.731. The minimum absolute atomic E-state index is 0.289. The van der Waals surface area contributed by atoms with Gasteiger partial charge in [0.25, 0.3) is 0 Å². The Hall–Kier alpha value is -0.940. The fourth-order valence-corrected chi connectivity index (χ4v) is 2.00. The van der Waals surface area contributed by atoms with E-state index in [-0.39, 0.29) is 6.04 Å². The van der Waals surface area contributed by atoms with Crippen LogP contribution < -0.4 is 5.32 Å². The summed E-state index contributed by atoms with van der Waals surface area (Å²) in [4.78, 5) is 11.7. The van der Waals surface area contributed by atoms with Gasteiger partial charge in [-0.25, -0.2) is 9.18 Å². The Balaban J connectivity index is 2.29. The highest BCUT2D eigenvalue weighted by Crippen LogP contribution is 2.28. The normalized spacial score (nSPS) is 16.6. The zero-order chi connectivity index (χ0) is 12.4. The average molecular weight is 302 g/mol. The Morgan fingerprint density at radius 2 is 2.29 bits per heavy atom. The van der Waals surface area contributed by atoms with Crippen LogP contribution in [0.15, 0.2) is 22.7 Å². The number of carbonyl (C=O) groups is 1. The molecule has 0 amide bonds. The van der Waals surface area contributed by atoms with Gasteiger partial charge in [-0.1, -0.05) is 15.9 Å². The highest BCUT2D eigenvalue weighted by molar-refractivity contribution is 9.10. The zero-order valence-electron chi connectivity index (χ0n) is 9.37. The van der Waals surface area contributed by atoms with Crippen LogP contribution >= 0.6 is 15.9 Å². The Kier molecular flexibility index (Phi) is 3.79. The van der Waals surface area contributed by atoms with E-state index in [1.165, 1.54) is 13.2 Å². The third-order valence-electron chi connectivity index (χ3n) is 2.69. The van der Waals surface area contributed by atoms with Gasteiger partial charge >= 0.3 is 5.97 Å². The van der Waals surface area contributed by atoms with Gasteiger partial charge in [0.2, 0.25) is 0 Å². The first-order chi connectivity index (χ1) is 8.11. The van der Waals surface area contributed by atoms with Crippen LogP contribution in [0.1, 0.15) is 24.4 Å². The lowest BCUT2D eigenvalue weighted by molar-refractivity contribution is -0.143. The summed E-state index contributed by atoms with van der Waals surface area (Å²) in [6, 6.07) is 4.10. The molecule has 2 rings (SSSR count). The zero-order valence-corrected chi connectivity index (χ0v) is 11.0. The molecule has 1 aromatic rings. The number of benzene rings is 1. The fraction of sp³-hybridized carbons (Fsp3) is 0.417. The minimum Gasteiger partial charge on any atom is -0.468 e. The van der Waals surface area contributed by atoms with Crippen molar-refractivity contribution in [1.29, 1.82) is 0 Å². The molecular weight excluding hydrogens is 289 g/mol. The van der Waals surface area contributed by atoms with Crippen molar-refractivity contribution in [2.75, 3.05) is 7.11 Å². The summed E-state index contributed by atoms with van der Waals surface area (Å²) in [5, 5.41) is 3.09. The number of carbonyl (C=O) groups excluding carboxylic acids is 1. The maximum Gasteiger partial charge on any atom is 0.327 e. The van der Waals surface area contributed by atoms with Crippen molar-refractivity contribution in [1.82, 2.24) is 5.32 Å².